The van der Waals surface area contributed by atoms with Gasteiger partial charge in [0.1, 0.15) is 5.75 Å². The van der Waals surface area contributed by atoms with Crippen molar-refractivity contribution in [2.24, 2.45) is 0 Å². The zero-order chi connectivity index (χ0) is 44.1. The van der Waals surface area contributed by atoms with E-state index in [1.165, 1.54) is 73.6 Å². The number of anilines is 3. The summed E-state index contributed by atoms with van der Waals surface area (Å²) in [6.07, 6.45) is 0. The topological polar surface area (TPSA) is 12.5 Å². The molecule has 0 fully saturated rings. The van der Waals surface area contributed by atoms with Crippen LogP contribution in [0, 0.1) is 0 Å². The number of fused-ring (bicyclic) bond motifs is 14. The molecule has 3 heterocycles. The van der Waals surface area contributed by atoms with Crippen LogP contribution in [-0.2, 0) is 5.41 Å². The van der Waals surface area contributed by atoms with Crippen LogP contribution in [0.25, 0.3) is 41.7 Å². The number of thiophene rings is 1. The third kappa shape index (κ3) is 5.31. The van der Waals surface area contributed by atoms with Gasteiger partial charge in [-0.15, -0.1) is 11.3 Å². The molecule has 1 aromatic heterocycles. The molecule has 4 heteroatoms. The van der Waals surface area contributed by atoms with E-state index in [2.05, 4.69) is 254 Å². The van der Waals surface area contributed by atoms with E-state index >= 15 is 0 Å². The Labute approximate surface area is 394 Å². The standard InChI is InChI=1S/C63H41NOSSi/c1-3-20-45(21-4-1)67(46-22-5-2-6-23-46)59-35-15-11-28-52(59)63(53-29-12-16-36-60(53)67)51-27-10-13-33-57(51)65-61-54(63)30-18-31-55(61)64(56-32-17-26-50-49-25-9-14-34-58(49)66-62(50)56)44-39-40-48-43(41-44)38-37-42-19-7-8-24-47(42)48/h1-41H. The fourth-order valence-electron chi connectivity index (χ4n) is 12.0. The van der Waals surface area contributed by atoms with Gasteiger partial charge < -0.3 is 9.64 Å². The predicted octanol–water partition coefficient (Wildman–Crippen LogP) is 14.0. The number of para-hydroxylation sites is 2. The second-order valence-electron chi connectivity index (χ2n) is 17.9. The molecule has 0 N–H and O–H groups in total. The minimum atomic E-state index is -2.91. The molecule has 0 saturated heterocycles. The number of benzene rings is 11. The third-order valence-electron chi connectivity index (χ3n) is 14.6. The van der Waals surface area contributed by atoms with Gasteiger partial charge in [0.15, 0.2) is 13.8 Å². The molecule has 0 bridgehead atoms. The monoisotopic (exact) mass is 887 g/mol. The zero-order valence-electron chi connectivity index (χ0n) is 36.4. The lowest BCUT2D eigenvalue weighted by atomic mass is 9.63. The molecule has 1 spiro atoms. The number of hydrogen-bond acceptors (Lipinski definition) is 3. The number of nitrogens with zero attached hydrogens (tertiary/aromatic N) is 1. The summed E-state index contributed by atoms with van der Waals surface area (Å²) in [7, 11) is -2.91. The SMILES string of the molecule is c1ccc([Si]2(c3ccccc3)c3ccccc3C3(c4ccccc4Oc4c(N(c5ccc6c(ccc7ccccc76)c5)c5cccc6c5sc5ccccc56)cccc43)c3ccccc32)cc1. The highest BCUT2D eigenvalue weighted by molar-refractivity contribution is 7.26. The smallest absolute Gasteiger partial charge is 0.180 e. The van der Waals surface area contributed by atoms with Crippen molar-refractivity contribution in [1.82, 2.24) is 0 Å². The highest BCUT2D eigenvalue weighted by atomic mass is 32.1. The van der Waals surface area contributed by atoms with Crippen LogP contribution in [0.2, 0.25) is 0 Å². The maximum atomic E-state index is 7.50. The fraction of sp³-hybridized carbons (Fsp3) is 0.0159. The summed E-state index contributed by atoms with van der Waals surface area (Å²) in [6.45, 7) is 0. The number of rotatable bonds is 5. The van der Waals surface area contributed by atoms with Gasteiger partial charge in [-0.25, -0.2) is 0 Å². The third-order valence-corrected chi connectivity index (χ3v) is 20.7. The van der Waals surface area contributed by atoms with Crippen molar-refractivity contribution in [2.45, 2.75) is 5.41 Å². The van der Waals surface area contributed by atoms with E-state index in [4.69, 9.17) is 4.74 Å². The summed E-state index contributed by atoms with van der Waals surface area (Å²) in [4.78, 5) is 2.47. The minimum absolute atomic E-state index is 0.717. The molecule has 67 heavy (non-hydrogen) atoms. The first-order valence-corrected chi connectivity index (χ1v) is 25.9. The van der Waals surface area contributed by atoms with Crippen molar-refractivity contribution in [3.05, 3.63) is 271 Å². The van der Waals surface area contributed by atoms with Gasteiger partial charge in [-0.05, 0) is 89.8 Å². The Hall–Kier alpha value is -8.02. The largest absolute Gasteiger partial charge is 0.454 e. The lowest BCUT2D eigenvalue weighted by Crippen LogP contribution is -2.79. The lowest BCUT2D eigenvalue weighted by Gasteiger charge is -2.51. The van der Waals surface area contributed by atoms with E-state index in [1.54, 1.807) is 0 Å². The molecule has 2 aliphatic heterocycles. The molecule has 0 atom stereocenters. The molecule has 11 aromatic carbocycles. The molecule has 2 aliphatic rings. The van der Waals surface area contributed by atoms with E-state index in [9.17, 15) is 0 Å². The summed E-state index contributed by atoms with van der Waals surface area (Å²) in [5.74, 6) is 1.72. The summed E-state index contributed by atoms with van der Waals surface area (Å²) in [5, 5.41) is 13.0. The van der Waals surface area contributed by atoms with Gasteiger partial charge >= 0.3 is 0 Å². The Morgan fingerprint density at radius 3 is 1.70 bits per heavy atom. The van der Waals surface area contributed by atoms with Crippen molar-refractivity contribution < 1.29 is 4.74 Å². The quantitative estimate of drug-likeness (QED) is 0.126. The average molecular weight is 888 g/mol. The molecule has 14 rings (SSSR count). The van der Waals surface area contributed by atoms with E-state index < -0.39 is 13.5 Å². The molecule has 2 nitrogen and oxygen atoms in total. The highest BCUT2D eigenvalue weighted by Crippen LogP contribution is 2.60. The summed E-state index contributed by atoms with van der Waals surface area (Å²) >= 11 is 1.86. The second-order valence-corrected chi connectivity index (χ2v) is 22.6. The minimum Gasteiger partial charge on any atom is -0.454 e. The Morgan fingerprint density at radius 1 is 0.388 bits per heavy atom. The van der Waals surface area contributed by atoms with Gasteiger partial charge in [-0.1, -0.05) is 212 Å². The van der Waals surface area contributed by atoms with Gasteiger partial charge in [-0.2, -0.15) is 0 Å². The van der Waals surface area contributed by atoms with Crippen molar-refractivity contribution in [3.63, 3.8) is 0 Å². The Balaban J connectivity index is 1.10. The molecule has 0 aliphatic carbocycles. The summed E-state index contributed by atoms with van der Waals surface area (Å²) in [6, 6.07) is 92.8. The maximum Gasteiger partial charge on any atom is 0.180 e. The maximum absolute atomic E-state index is 7.50. The van der Waals surface area contributed by atoms with E-state index in [1.807, 2.05) is 11.3 Å². The number of hydrogen-bond donors (Lipinski definition) is 0. The van der Waals surface area contributed by atoms with Crippen LogP contribution in [0.1, 0.15) is 22.3 Å². The van der Waals surface area contributed by atoms with Gasteiger partial charge in [0.05, 0.1) is 21.5 Å². The van der Waals surface area contributed by atoms with Crippen molar-refractivity contribution in [2.75, 3.05) is 4.90 Å². The first kappa shape index (κ1) is 38.3. The van der Waals surface area contributed by atoms with Crippen LogP contribution < -0.4 is 30.4 Å². The molecule has 0 amide bonds. The summed E-state index contributed by atoms with van der Waals surface area (Å²) < 4.78 is 10.0. The van der Waals surface area contributed by atoms with Gasteiger partial charge in [0.25, 0.3) is 0 Å². The predicted molar refractivity (Wildman–Crippen MR) is 285 cm³/mol. The molecule has 0 saturated carbocycles. The van der Waals surface area contributed by atoms with Gasteiger partial charge in [-0.3, -0.25) is 0 Å². The normalized spacial score (nSPS) is 14.0. The number of ether oxygens (including phenoxy) is 1. The molecular formula is C63H41NOSSi. The first-order chi connectivity index (χ1) is 33.2. The highest BCUT2D eigenvalue weighted by Gasteiger charge is 2.57. The van der Waals surface area contributed by atoms with Crippen LogP contribution in [-0.4, -0.2) is 8.07 Å². The van der Waals surface area contributed by atoms with E-state index in [0.717, 1.165) is 39.7 Å². The van der Waals surface area contributed by atoms with Crippen LogP contribution in [0.5, 0.6) is 11.5 Å². The van der Waals surface area contributed by atoms with Crippen LogP contribution in [0.4, 0.5) is 17.1 Å². The molecule has 12 aromatic rings. The molecule has 0 radical (unpaired) electrons. The van der Waals surface area contributed by atoms with Crippen LogP contribution >= 0.6 is 11.3 Å². The van der Waals surface area contributed by atoms with Crippen molar-refractivity contribution >= 4 is 98.9 Å². The van der Waals surface area contributed by atoms with Crippen molar-refractivity contribution in [3.8, 4) is 11.5 Å². The molecule has 314 valence electrons. The Bertz CT molecular complexity index is 3840. The van der Waals surface area contributed by atoms with Crippen molar-refractivity contribution in [1.29, 1.82) is 0 Å². The van der Waals surface area contributed by atoms with Gasteiger partial charge in [0.2, 0.25) is 0 Å². The molecular weight excluding hydrogens is 847 g/mol. The fourth-order valence-corrected chi connectivity index (χ4v) is 18.5. The zero-order valence-corrected chi connectivity index (χ0v) is 38.3. The van der Waals surface area contributed by atoms with E-state index in [0.29, 0.717) is 0 Å². The van der Waals surface area contributed by atoms with Crippen LogP contribution in [0.3, 0.4) is 0 Å². The Kier molecular flexibility index (Phi) is 8.42. The van der Waals surface area contributed by atoms with E-state index in [-0.39, 0.29) is 0 Å². The molecule has 0 unspecified atom stereocenters. The second kappa shape index (κ2) is 14.7. The average Bonchev–Trinajstić information content (AvgIpc) is 3.79. The first-order valence-electron chi connectivity index (χ1n) is 23.1. The van der Waals surface area contributed by atoms with Crippen LogP contribution in [0.15, 0.2) is 249 Å². The lowest BCUT2D eigenvalue weighted by molar-refractivity contribution is 0.436. The summed E-state index contributed by atoms with van der Waals surface area (Å²) in [5.41, 5.74) is 7.36. The van der Waals surface area contributed by atoms with Gasteiger partial charge in [0, 0.05) is 32.3 Å². The Morgan fingerprint density at radius 2 is 0.940 bits per heavy atom.